The molecule has 2 rings (SSSR count). The summed E-state index contributed by atoms with van der Waals surface area (Å²) in [6, 6.07) is 5.05. The number of aromatic nitrogens is 1. The second kappa shape index (κ2) is 6.03. The summed E-state index contributed by atoms with van der Waals surface area (Å²) in [4.78, 5) is 15.2. The third-order valence-corrected chi connectivity index (χ3v) is 4.82. The molecule has 0 fully saturated rings. The van der Waals surface area contributed by atoms with Crippen molar-refractivity contribution in [1.29, 1.82) is 0 Å². The van der Waals surface area contributed by atoms with Gasteiger partial charge in [0, 0.05) is 22.6 Å². The van der Waals surface area contributed by atoms with E-state index >= 15 is 0 Å². The minimum Gasteiger partial charge on any atom is -0.478 e. The van der Waals surface area contributed by atoms with E-state index < -0.39 is 5.97 Å². The van der Waals surface area contributed by atoms with Crippen molar-refractivity contribution in [1.82, 2.24) is 10.3 Å². The molecule has 0 bridgehead atoms. The Kier molecular flexibility index (Phi) is 4.57. The number of nitrogens with zero attached hydrogens (tertiary/aromatic N) is 1. The standard InChI is InChI=1S/C14H15BrN2O2S/c1-14(2,13-16-5-6-20-13)17-8-10-4-3-9(12(18)19)7-11(10)15/h3-7,17H,8H2,1-2H3,(H,18,19). The van der Waals surface area contributed by atoms with Crippen LogP contribution in [0, 0.1) is 0 Å². The fraction of sp³-hybridized carbons (Fsp3) is 0.286. The summed E-state index contributed by atoms with van der Waals surface area (Å²) in [5.41, 5.74) is 1.07. The molecule has 0 atom stereocenters. The summed E-state index contributed by atoms with van der Waals surface area (Å²) < 4.78 is 0.792. The summed E-state index contributed by atoms with van der Waals surface area (Å²) in [5, 5.41) is 15.4. The molecule has 0 amide bonds. The number of halogens is 1. The summed E-state index contributed by atoms with van der Waals surface area (Å²) in [5.74, 6) is -0.923. The Hall–Kier alpha value is -1.24. The molecule has 0 aliphatic rings. The van der Waals surface area contributed by atoms with Crippen molar-refractivity contribution in [2.24, 2.45) is 0 Å². The van der Waals surface area contributed by atoms with Gasteiger partial charge in [-0.3, -0.25) is 0 Å². The number of aromatic carboxylic acids is 1. The van der Waals surface area contributed by atoms with E-state index in [0.717, 1.165) is 15.0 Å². The number of hydrogen-bond donors (Lipinski definition) is 2. The number of nitrogens with one attached hydrogen (secondary N) is 1. The highest BCUT2D eigenvalue weighted by atomic mass is 79.9. The lowest BCUT2D eigenvalue weighted by Crippen LogP contribution is -2.35. The Labute approximate surface area is 130 Å². The lowest BCUT2D eigenvalue weighted by Gasteiger charge is -2.24. The first-order valence-electron chi connectivity index (χ1n) is 6.07. The molecule has 4 nitrogen and oxygen atoms in total. The Morgan fingerprint density at radius 3 is 2.80 bits per heavy atom. The van der Waals surface area contributed by atoms with E-state index in [1.807, 2.05) is 11.4 Å². The quantitative estimate of drug-likeness (QED) is 0.860. The van der Waals surface area contributed by atoms with Crippen LogP contribution >= 0.6 is 27.3 Å². The lowest BCUT2D eigenvalue weighted by atomic mass is 10.1. The number of hydrogen-bond acceptors (Lipinski definition) is 4. The minimum atomic E-state index is -0.923. The van der Waals surface area contributed by atoms with Crippen molar-refractivity contribution >= 4 is 33.2 Å². The fourth-order valence-corrected chi connectivity index (χ4v) is 3.01. The van der Waals surface area contributed by atoms with Gasteiger partial charge in [0.05, 0.1) is 11.1 Å². The first-order chi connectivity index (χ1) is 9.40. The van der Waals surface area contributed by atoms with Gasteiger partial charge in [-0.1, -0.05) is 22.0 Å². The van der Waals surface area contributed by atoms with Crippen LogP contribution in [0.2, 0.25) is 0 Å². The smallest absolute Gasteiger partial charge is 0.335 e. The summed E-state index contributed by atoms with van der Waals surface area (Å²) in [6.07, 6.45) is 1.79. The van der Waals surface area contributed by atoms with Gasteiger partial charge in [-0.2, -0.15) is 0 Å². The van der Waals surface area contributed by atoms with Gasteiger partial charge in [0.15, 0.2) is 0 Å². The number of carboxylic acids is 1. The van der Waals surface area contributed by atoms with Crippen LogP contribution in [-0.2, 0) is 12.1 Å². The molecule has 20 heavy (non-hydrogen) atoms. The maximum absolute atomic E-state index is 10.9. The van der Waals surface area contributed by atoms with Crippen molar-refractivity contribution in [3.8, 4) is 0 Å². The molecule has 0 aliphatic carbocycles. The second-order valence-electron chi connectivity index (χ2n) is 4.93. The normalized spacial score (nSPS) is 11.6. The Balaban J connectivity index is 2.10. The molecule has 2 aromatic rings. The van der Waals surface area contributed by atoms with Gasteiger partial charge in [-0.05, 0) is 31.5 Å². The van der Waals surface area contributed by atoms with Crippen molar-refractivity contribution < 1.29 is 9.90 Å². The molecule has 1 aromatic heterocycles. The molecule has 1 heterocycles. The van der Waals surface area contributed by atoms with E-state index in [1.54, 1.807) is 29.7 Å². The molecule has 0 spiro atoms. The van der Waals surface area contributed by atoms with Crippen LogP contribution in [0.5, 0.6) is 0 Å². The van der Waals surface area contributed by atoms with Crippen LogP contribution in [0.25, 0.3) is 0 Å². The highest BCUT2D eigenvalue weighted by Gasteiger charge is 2.22. The highest BCUT2D eigenvalue weighted by molar-refractivity contribution is 9.10. The van der Waals surface area contributed by atoms with Gasteiger partial charge < -0.3 is 10.4 Å². The number of carboxylic acid groups (broad SMARTS) is 1. The molecule has 0 saturated carbocycles. The van der Waals surface area contributed by atoms with E-state index in [9.17, 15) is 4.79 Å². The zero-order valence-electron chi connectivity index (χ0n) is 11.2. The number of rotatable bonds is 5. The van der Waals surface area contributed by atoms with Crippen molar-refractivity contribution in [3.63, 3.8) is 0 Å². The van der Waals surface area contributed by atoms with Crippen LogP contribution in [-0.4, -0.2) is 16.1 Å². The van der Waals surface area contributed by atoms with E-state index in [4.69, 9.17) is 5.11 Å². The summed E-state index contributed by atoms with van der Waals surface area (Å²) in [6.45, 7) is 4.78. The molecule has 6 heteroatoms. The van der Waals surface area contributed by atoms with E-state index in [0.29, 0.717) is 6.54 Å². The molecule has 0 aliphatic heterocycles. The largest absolute Gasteiger partial charge is 0.478 e. The Bertz CT molecular complexity index is 612. The molecular formula is C14H15BrN2O2S. The third kappa shape index (κ3) is 3.45. The van der Waals surface area contributed by atoms with Crippen LogP contribution in [0.4, 0.5) is 0 Å². The molecule has 0 radical (unpaired) electrons. The second-order valence-corrected chi connectivity index (χ2v) is 6.68. The molecule has 2 N–H and O–H groups in total. The SMILES string of the molecule is CC(C)(NCc1ccc(C(=O)O)cc1Br)c1nccs1. The Morgan fingerprint density at radius 2 is 2.25 bits per heavy atom. The van der Waals surface area contributed by atoms with E-state index in [2.05, 4.69) is 40.1 Å². The maximum Gasteiger partial charge on any atom is 0.335 e. The molecular weight excluding hydrogens is 340 g/mol. The van der Waals surface area contributed by atoms with Gasteiger partial charge in [-0.15, -0.1) is 11.3 Å². The molecule has 1 aromatic carbocycles. The maximum atomic E-state index is 10.9. The zero-order chi connectivity index (χ0) is 14.8. The van der Waals surface area contributed by atoms with Crippen molar-refractivity contribution in [2.45, 2.75) is 25.9 Å². The van der Waals surface area contributed by atoms with Crippen molar-refractivity contribution in [2.75, 3.05) is 0 Å². The van der Waals surface area contributed by atoms with E-state index in [1.165, 1.54) is 0 Å². The number of benzene rings is 1. The van der Waals surface area contributed by atoms with Gasteiger partial charge >= 0.3 is 5.97 Å². The van der Waals surface area contributed by atoms with Gasteiger partial charge in [0.1, 0.15) is 5.01 Å². The average Bonchev–Trinajstić information content (AvgIpc) is 2.91. The van der Waals surface area contributed by atoms with Gasteiger partial charge in [-0.25, -0.2) is 9.78 Å². The monoisotopic (exact) mass is 354 g/mol. The minimum absolute atomic E-state index is 0.223. The summed E-state index contributed by atoms with van der Waals surface area (Å²) in [7, 11) is 0. The third-order valence-electron chi connectivity index (χ3n) is 2.99. The highest BCUT2D eigenvalue weighted by Crippen LogP contribution is 2.24. The molecule has 106 valence electrons. The summed E-state index contributed by atoms with van der Waals surface area (Å²) >= 11 is 5.03. The van der Waals surface area contributed by atoms with Gasteiger partial charge in [0.2, 0.25) is 0 Å². The molecule has 0 unspecified atom stereocenters. The zero-order valence-corrected chi connectivity index (χ0v) is 13.6. The van der Waals surface area contributed by atoms with Crippen molar-refractivity contribution in [3.05, 3.63) is 50.4 Å². The number of carbonyl (C=O) groups is 1. The topological polar surface area (TPSA) is 62.2 Å². The van der Waals surface area contributed by atoms with Crippen LogP contribution in [0.15, 0.2) is 34.2 Å². The predicted molar refractivity (Wildman–Crippen MR) is 83.1 cm³/mol. The average molecular weight is 355 g/mol. The van der Waals surface area contributed by atoms with Crippen LogP contribution < -0.4 is 5.32 Å². The number of thiazole rings is 1. The first-order valence-corrected chi connectivity index (χ1v) is 7.74. The van der Waals surface area contributed by atoms with E-state index in [-0.39, 0.29) is 11.1 Å². The lowest BCUT2D eigenvalue weighted by molar-refractivity contribution is 0.0697. The van der Waals surface area contributed by atoms with Crippen LogP contribution in [0.3, 0.4) is 0 Å². The van der Waals surface area contributed by atoms with Crippen LogP contribution in [0.1, 0.15) is 34.8 Å². The molecule has 0 saturated heterocycles. The Morgan fingerprint density at radius 1 is 1.50 bits per heavy atom. The predicted octanol–water partition coefficient (Wildman–Crippen LogP) is 3.63. The first kappa shape index (κ1) is 15.2. The van der Waals surface area contributed by atoms with Gasteiger partial charge in [0.25, 0.3) is 0 Å². The fourth-order valence-electron chi connectivity index (χ4n) is 1.75.